The molecular weight excluding hydrogens is 368 g/mol. The van der Waals surface area contributed by atoms with Gasteiger partial charge in [0, 0.05) is 35.0 Å². The van der Waals surface area contributed by atoms with Gasteiger partial charge < -0.3 is 19.8 Å². The van der Waals surface area contributed by atoms with Crippen LogP contribution in [0.4, 0.5) is 0 Å². The molecule has 0 amide bonds. The molecule has 1 aromatic carbocycles. The van der Waals surface area contributed by atoms with Gasteiger partial charge in [-0.25, -0.2) is 0 Å². The quantitative estimate of drug-likeness (QED) is 0.762. The number of Topliss-reactive ketones (excluding diaryl/α,β-unsaturated/α-hetero) is 1. The number of ether oxygens (including phenoxy) is 1. The van der Waals surface area contributed by atoms with Crippen LogP contribution < -0.4 is 4.74 Å². The third-order valence-corrected chi connectivity index (χ3v) is 7.98. The zero-order valence-electron chi connectivity index (χ0n) is 16.3. The van der Waals surface area contributed by atoms with Gasteiger partial charge in [-0.1, -0.05) is 6.07 Å². The third-order valence-electron chi connectivity index (χ3n) is 7.98. The van der Waals surface area contributed by atoms with Crippen LogP contribution in [0, 0.1) is 5.92 Å². The zero-order chi connectivity index (χ0) is 20.0. The molecule has 5 atom stereocenters. The van der Waals surface area contributed by atoms with Gasteiger partial charge in [0.1, 0.15) is 6.10 Å². The average molecular weight is 392 g/mol. The standard InChI is InChI=1S/C23H24N2O4/c1-25-10-8-22-15-6-7-23(28,20(27)14-3-2-9-24-12-14)21(22)29-19-17(26)5-4-13(18(19)22)11-16(15)25/h2-5,9,12,15-16,21,26,28H,6-8,10-11H2,1H3/t15-,16+,21+,22-,23+/m0/s1. The van der Waals surface area contributed by atoms with Gasteiger partial charge in [-0.2, -0.15) is 0 Å². The van der Waals surface area contributed by atoms with Crippen molar-refractivity contribution >= 4 is 5.78 Å². The Morgan fingerprint density at radius 3 is 2.97 bits per heavy atom. The molecule has 2 aliphatic heterocycles. The summed E-state index contributed by atoms with van der Waals surface area (Å²) in [6, 6.07) is 7.43. The Hall–Kier alpha value is -2.44. The van der Waals surface area contributed by atoms with Gasteiger partial charge >= 0.3 is 0 Å². The first kappa shape index (κ1) is 17.4. The number of phenolic OH excluding ortho intramolecular Hbond substituents is 1. The Balaban J connectivity index is 1.56. The number of aromatic hydroxyl groups is 1. The molecule has 3 heterocycles. The molecule has 2 bridgehead atoms. The summed E-state index contributed by atoms with van der Waals surface area (Å²) in [5.74, 6) is 0.529. The number of rotatable bonds is 2. The summed E-state index contributed by atoms with van der Waals surface area (Å²) < 4.78 is 6.34. The fraction of sp³-hybridized carbons (Fsp3) is 0.478. The molecule has 29 heavy (non-hydrogen) atoms. The van der Waals surface area contributed by atoms with Gasteiger partial charge in [-0.15, -0.1) is 0 Å². The summed E-state index contributed by atoms with van der Waals surface area (Å²) in [7, 11) is 2.16. The number of aliphatic hydroxyl groups is 1. The predicted molar refractivity (Wildman–Crippen MR) is 105 cm³/mol. The van der Waals surface area contributed by atoms with E-state index in [1.54, 1.807) is 24.4 Å². The molecule has 2 aromatic rings. The molecule has 0 radical (unpaired) electrons. The van der Waals surface area contributed by atoms with E-state index in [4.69, 9.17) is 4.74 Å². The Bertz CT molecular complexity index is 1030. The van der Waals surface area contributed by atoms with Crippen molar-refractivity contribution in [1.29, 1.82) is 0 Å². The molecule has 2 aliphatic carbocycles. The van der Waals surface area contributed by atoms with Crippen molar-refractivity contribution in [3.05, 3.63) is 53.3 Å². The molecule has 0 unspecified atom stereocenters. The van der Waals surface area contributed by atoms with Crippen molar-refractivity contribution in [2.75, 3.05) is 13.6 Å². The van der Waals surface area contributed by atoms with E-state index in [-0.39, 0.29) is 11.5 Å². The second kappa shape index (κ2) is 5.58. The van der Waals surface area contributed by atoms with Crippen molar-refractivity contribution < 1.29 is 19.7 Å². The van der Waals surface area contributed by atoms with Crippen LogP contribution in [0.25, 0.3) is 0 Å². The smallest absolute Gasteiger partial charge is 0.199 e. The van der Waals surface area contributed by atoms with Crippen LogP contribution in [0.2, 0.25) is 0 Å². The van der Waals surface area contributed by atoms with Crippen molar-refractivity contribution in [2.24, 2.45) is 5.92 Å². The van der Waals surface area contributed by atoms with Gasteiger partial charge in [0.25, 0.3) is 0 Å². The highest BCUT2D eigenvalue weighted by atomic mass is 16.5. The number of phenols is 1. The number of likely N-dealkylation sites (tertiary alicyclic amines) is 1. The van der Waals surface area contributed by atoms with Gasteiger partial charge in [0.15, 0.2) is 22.9 Å². The summed E-state index contributed by atoms with van der Waals surface area (Å²) in [6.07, 6.45) is 5.26. The zero-order valence-corrected chi connectivity index (χ0v) is 16.3. The number of piperidine rings is 1. The number of carbonyl (C=O) groups is 1. The van der Waals surface area contributed by atoms with Crippen LogP contribution in [-0.4, -0.2) is 57.2 Å². The van der Waals surface area contributed by atoms with Crippen molar-refractivity contribution in [3.63, 3.8) is 0 Å². The third kappa shape index (κ3) is 1.98. The molecule has 2 fully saturated rings. The van der Waals surface area contributed by atoms with Gasteiger partial charge in [0.2, 0.25) is 0 Å². The lowest BCUT2D eigenvalue weighted by Crippen LogP contribution is -2.71. The number of aromatic nitrogens is 1. The first-order chi connectivity index (χ1) is 14.0. The maximum Gasteiger partial charge on any atom is 0.199 e. The lowest BCUT2D eigenvalue weighted by molar-refractivity contribution is -0.135. The highest BCUT2D eigenvalue weighted by Gasteiger charge is 2.70. The molecule has 2 N–H and O–H groups in total. The number of likely N-dealkylation sites (N-methyl/N-ethyl adjacent to an activating group) is 1. The lowest BCUT2D eigenvalue weighted by atomic mass is 9.48. The van der Waals surface area contributed by atoms with Crippen LogP contribution in [0.15, 0.2) is 36.7 Å². The fourth-order valence-corrected chi connectivity index (χ4v) is 6.75. The first-order valence-electron chi connectivity index (χ1n) is 10.4. The second-order valence-corrected chi connectivity index (χ2v) is 9.13. The van der Waals surface area contributed by atoms with Crippen LogP contribution in [-0.2, 0) is 11.8 Å². The monoisotopic (exact) mass is 392 g/mol. The minimum absolute atomic E-state index is 0.0971. The average Bonchev–Trinajstić information content (AvgIpc) is 3.10. The number of ketones is 1. The van der Waals surface area contributed by atoms with E-state index in [1.165, 1.54) is 11.8 Å². The van der Waals surface area contributed by atoms with E-state index in [9.17, 15) is 15.0 Å². The van der Waals surface area contributed by atoms with Crippen molar-refractivity contribution in [1.82, 2.24) is 9.88 Å². The maximum atomic E-state index is 13.5. The Morgan fingerprint density at radius 2 is 2.17 bits per heavy atom. The molecule has 1 spiro atoms. The van der Waals surface area contributed by atoms with E-state index in [1.807, 2.05) is 6.07 Å². The molecule has 6 nitrogen and oxygen atoms in total. The van der Waals surface area contributed by atoms with Crippen LogP contribution in [0.1, 0.15) is 40.7 Å². The van der Waals surface area contributed by atoms with Crippen molar-refractivity contribution in [2.45, 2.75) is 48.8 Å². The lowest BCUT2D eigenvalue weighted by Gasteiger charge is -2.60. The second-order valence-electron chi connectivity index (χ2n) is 9.13. The molecule has 1 saturated carbocycles. The SMILES string of the molecule is CN1CC[C@]23c4c5ccc(O)c4O[C@H]2[C@](O)(C(=O)c2cccnc2)CC[C@H]3[C@H]1C5. The van der Waals surface area contributed by atoms with Crippen molar-refractivity contribution in [3.8, 4) is 11.5 Å². The highest BCUT2D eigenvalue weighted by molar-refractivity contribution is 6.03. The summed E-state index contributed by atoms with van der Waals surface area (Å²) in [5, 5.41) is 22.4. The van der Waals surface area contributed by atoms with E-state index in [0.29, 0.717) is 29.7 Å². The summed E-state index contributed by atoms with van der Waals surface area (Å²) in [6.45, 7) is 0.882. The van der Waals surface area contributed by atoms with E-state index in [2.05, 4.69) is 16.9 Å². The largest absolute Gasteiger partial charge is 0.504 e. The number of hydrogen-bond donors (Lipinski definition) is 2. The topological polar surface area (TPSA) is 82.9 Å². The molecule has 4 aliphatic rings. The Kier molecular flexibility index (Phi) is 3.35. The predicted octanol–water partition coefficient (Wildman–Crippen LogP) is 2.07. The minimum Gasteiger partial charge on any atom is -0.504 e. The number of benzene rings is 1. The molecular formula is C23H24N2O4. The van der Waals surface area contributed by atoms with E-state index < -0.39 is 17.1 Å². The summed E-state index contributed by atoms with van der Waals surface area (Å²) in [5.41, 5.74) is 0.526. The van der Waals surface area contributed by atoms with Gasteiger partial charge in [-0.3, -0.25) is 9.78 Å². The maximum absolute atomic E-state index is 13.5. The minimum atomic E-state index is -1.64. The van der Waals surface area contributed by atoms with Crippen LogP contribution >= 0.6 is 0 Å². The molecule has 1 saturated heterocycles. The molecule has 1 aromatic heterocycles. The Morgan fingerprint density at radius 1 is 1.31 bits per heavy atom. The molecule has 6 heteroatoms. The normalized spacial score (nSPS) is 37.0. The molecule has 150 valence electrons. The fourth-order valence-electron chi connectivity index (χ4n) is 6.75. The van der Waals surface area contributed by atoms with Crippen LogP contribution in [0.5, 0.6) is 11.5 Å². The van der Waals surface area contributed by atoms with Gasteiger partial charge in [-0.05, 0) is 69.0 Å². The summed E-state index contributed by atoms with van der Waals surface area (Å²) in [4.78, 5) is 20.0. The number of hydrogen-bond acceptors (Lipinski definition) is 6. The first-order valence-corrected chi connectivity index (χ1v) is 10.4. The number of pyridine rings is 1. The van der Waals surface area contributed by atoms with E-state index in [0.717, 1.165) is 31.4 Å². The highest BCUT2D eigenvalue weighted by Crippen LogP contribution is 2.65. The number of nitrogens with zero attached hydrogens (tertiary/aromatic N) is 2. The van der Waals surface area contributed by atoms with E-state index >= 15 is 0 Å². The number of carbonyl (C=O) groups excluding carboxylic acids is 1. The van der Waals surface area contributed by atoms with Gasteiger partial charge in [0.05, 0.1) is 0 Å². The van der Waals surface area contributed by atoms with Crippen LogP contribution in [0.3, 0.4) is 0 Å². The Labute approximate surface area is 169 Å². The molecule has 6 rings (SSSR count). The summed E-state index contributed by atoms with van der Waals surface area (Å²) >= 11 is 0.